The third-order valence-corrected chi connectivity index (χ3v) is 1.93. The van der Waals surface area contributed by atoms with Crippen molar-refractivity contribution in [2.75, 3.05) is 6.61 Å². The Labute approximate surface area is 90.9 Å². The van der Waals surface area contributed by atoms with Gasteiger partial charge in [-0.15, -0.1) is 0 Å². The summed E-state index contributed by atoms with van der Waals surface area (Å²) in [6, 6.07) is 7.18. The van der Waals surface area contributed by atoms with Crippen LogP contribution >= 0.6 is 0 Å². The maximum absolute atomic E-state index is 8.89. The van der Waals surface area contributed by atoms with Gasteiger partial charge in [0, 0.05) is 0 Å². The molecule has 0 aliphatic rings. The SMILES string of the molecule is CC(C)(C)Oc1ccc(C(N)CO)cc1. The fourth-order valence-electron chi connectivity index (χ4n) is 1.24. The van der Waals surface area contributed by atoms with Crippen molar-refractivity contribution in [3.8, 4) is 5.75 Å². The van der Waals surface area contributed by atoms with E-state index >= 15 is 0 Å². The van der Waals surface area contributed by atoms with Crippen LogP contribution in [0, 0.1) is 0 Å². The molecule has 15 heavy (non-hydrogen) atoms. The lowest BCUT2D eigenvalue weighted by Crippen LogP contribution is -2.23. The molecule has 0 saturated carbocycles. The monoisotopic (exact) mass is 209 g/mol. The standard InChI is InChI=1S/C12H19NO2/c1-12(2,3)15-10-6-4-9(5-7-10)11(13)8-14/h4-7,11,14H,8,13H2,1-3H3. The van der Waals surface area contributed by atoms with E-state index in [0.29, 0.717) is 0 Å². The topological polar surface area (TPSA) is 55.5 Å². The Bertz CT molecular complexity index is 300. The van der Waals surface area contributed by atoms with Crippen molar-refractivity contribution in [3.05, 3.63) is 29.8 Å². The highest BCUT2D eigenvalue weighted by atomic mass is 16.5. The third kappa shape index (κ3) is 3.90. The summed E-state index contributed by atoms with van der Waals surface area (Å²) in [5, 5.41) is 8.89. The van der Waals surface area contributed by atoms with Crippen LogP contribution in [0.3, 0.4) is 0 Å². The van der Waals surface area contributed by atoms with E-state index in [-0.39, 0.29) is 18.2 Å². The summed E-state index contributed by atoms with van der Waals surface area (Å²) < 4.78 is 5.67. The zero-order chi connectivity index (χ0) is 11.5. The van der Waals surface area contributed by atoms with Gasteiger partial charge in [-0.3, -0.25) is 0 Å². The number of hydrogen-bond acceptors (Lipinski definition) is 3. The maximum Gasteiger partial charge on any atom is 0.120 e. The van der Waals surface area contributed by atoms with Crippen LogP contribution in [0.2, 0.25) is 0 Å². The summed E-state index contributed by atoms with van der Waals surface area (Å²) in [7, 11) is 0. The van der Waals surface area contributed by atoms with Gasteiger partial charge in [0.05, 0.1) is 12.6 Å². The van der Waals surface area contributed by atoms with Crippen molar-refractivity contribution < 1.29 is 9.84 Å². The molecular formula is C12H19NO2. The molecule has 0 fully saturated rings. The van der Waals surface area contributed by atoms with Crippen molar-refractivity contribution >= 4 is 0 Å². The first-order chi connectivity index (χ1) is 6.92. The molecule has 3 nitrogen and oxygen atoms in total. The van der Waals surface area contributed by atoms with Gasteiger partial charge >= 0.3 is 0 Å². The van der Waals surface area contributed by atoms with Crippen molar-refractivity contribution in [2.45, 2.75) is 32.4 Å². The van der Waals surface area contributed by atoms with E-state index in [9.17, 15) is 0 Å². The second-order valence-electron chi connectivity index (χ2n) is 4.57. The first-order valence-corrected chi connectivity index (χ1v) is 5.08. The van der Waals surface area contributed by atoms with Crippen LogP contribution in [0.1, 0.15) is 32.4 Å². The molecule has 0 aliphatic carbocycles. The molecule has 0 heterocycles. The summed E-state index contributed by atoms with van der Waals surface area (Å²) in [4.78, 5) is 0. The van der Waals surface area contributed by atoms with Gasteiger partial charge in [-0.25, -0.2) is 0 Å². The van der Waals surface area contributed by atoms with Crippen LogP contribution < -0.4 is 10.5 Å². The molecule has 84 valence electrons. The molecule has 0 saturated heterocycles. The Kier molecular flexibility index (Phi) is 3.72. The highest BCUT2D eigenvalue weighted by Crippen LogP contribution is 2.20. The molecule has 0 amide bonds. The third-order valence-electron chi connectivity index (χ3n) is 1.93. The number of aliphatic hydroxyl groups excluding tert-OH is 1. The second kappa shape index (κ2) is 4.64. The molecule has 0 bridgehead atoms. The average Bonchev–Trinajstić information content (AvgIpc) is 2.15. The molecule has 1 aromatic carbocycles. The molecule has 0 aliphatic heterocycles. The van der Waals surface area contributed by atoms with Gasteiger partial charge in [0.15, 0.2) is 0 Å². The summed E-state index contributed by atoms with van der Waals surface area (Å²) in [6.45, 7) is 5.96. The Balaban J connectivity index is 2.72. The lowest BCUT2D eigenvalue weighted by Gasteiger charge is -2.21. The van der Waals surface area contributed by atoms with Gasteiger partial charge in [0.25, 0.3) is 0 Å². The Morgan fingerprint density at radius 3 is 2.20 bits per heavy atom. The highest BCUT2D eigenvalue weighted by Gasteiger charge is 2.11. The van der Waals surface area contributed by atoms with Crippen molar-refractivity contribution in [3.63, 3.8) is 0 Å². The van der Waals surface area contributed by atoms with E-state index in [1.165, 1.54) is 0 Å². The zero-order valence-corrected chi connectivity index (χ0v) is 9.53. The van der Waals surface area contributed by atoms with Crippen LogP contribution in [0.4, 0.5) is 0 Å². The minimum atomic E-state index is -0.311. The normalized spacial score (nSPS) is 13.7. The molecule has 1 rings (SSSR count). The van der Waals surface area contributed by atoms with Crippen molar-refractivity contribution in [2.24, 2.45) is 5.73 Å². The van der Waals surface area contributed by atoms with Crippen LogP contribution in [-0.4, -0.2) is 17.3 Å². The maximum atomic E-state index is 8.89. The predicted octanol–water partition coefficient (Wildman–Crippen LogP) is 1.86. The van der Waals surface area contributed by atoms with Crippen molar-refractivity contribution in [1.29, 1.82) is 0 Å². The van der Waals surface area contributed by atoms with Crippen LogP contribution in [0.5, 0.6) is 5.75 Å². The fourth-order valence-corrected chi connectivity index (χ4v) is 1.24. The molecule has 1 atom stereocenters. The van der Waals surface area contributed by atoms with E-state index in [0.717, 1.165) is 11.3 Å². The van der Waals surface area contributed by atoms with Gasteiger partial charge in [-0.1, -0.05) is 12.1 Å². The summed E-state index contributed by atoms with van der Waals surface area (Å²) in [6.07, 6.45) is 0. The lowest BCUT2D eigenvalue weighted by atomic mass is 10.1. The highest BCUT2D eigenvalue weighted by molar-refractivity contribution is 5.29. The van der Waals surface area contributed by atoms with Gasteiger partial charge < -0.3 is 15.6 Å². The first-order valence-electron chi connectivity index (χ1n) is 5.08. The van der Waals surface area contributed by atoms with Gasteiger partial charge in [0.2, 0.25) is 0 Å². The van der Waals surface area contributed by atoms with E-state index in [2.05, 4.69) is 0 Å². The second-order valence-corrected chi connectivity index (χ2v) is 4.57. The summed E-state index contributed by atoms with van der Waals surface area (Å²) >= 11 is 0. The summed E-state index contributed by atoms with van der Waals surface area (Å²) in [5.74, 6) is 0.816. The number of aliphatic hydroxyl groups is 1. The zero-order valence-electron chi connectivity index (χ0n) is 9.53. The minimum absolute atomic E-state index is 0.0422. The number of hydrogen-bond donors (Lipinski definition) is 2. The van der Waals surface area contributed by atoms with Gasteiger partial charge in [-0.05, 0) is 38.5 Å². The average molecular weight is 209 g/mol. The Hall–Kier alpha value is -1.06. The van der Waals surface area contributed by atoms with E-state index in [4.69, 9.17) is 15.6 Å². The lowest BCUT2D eigenvalue weighted by molar-refractivity contribution is 0.131. The predicted molar refractivity (Wildman–Crippen MR) is 60.8 cm³/mol. The van der Waals surface area contributed by atoms with E-state index < -0.39 is 0 Å². The molecule has 1 aromatic rings. The minimum Gasteiger partial charge on any atom is -0.488 e. The molecule has 0 radical (unpaired) electrons. The summed E-state index contributed by atoms with van der Waals surface area (Å²) in [5.41, 5.74) is 6.40. The molecule has 0 aromatic heterocycles. The Morgan fingerprint density at radius 1 is 1.27 bits per heavy atom. The molecule has 3 heteroatoms. The molecule has 0 spiro atoms. The van der Waals surface area contributed by atoms with Crippen molar-refractivity contribution in [1.82, 2.24) is 0 Å². The number of ether oxygens (including phenoxy) is 1. The van der Waals surface area contributed by atoms with Crippen LogP contribution in [0.15, 0.2) is 24.3 Å². The van der Waals surface area contributed by atoms with E-state index in [1.54, 1.807) is 0 Å². The largest absolute Gasteiger partial charge is 0.488 e. The van der Waals surface area contributed by atoms with E-state index in [1.807, 2.05) is 45.0 Å². The fraction of sp³-hybridized carbons (Fsp3) is 0.500. The first kappa shape index (κ1) is 12.0. The van der Waals surface area contributed by atoms with Gasteiger partial charge in [0.1, 0.15) is 11.4 Å². The number of nitrogens with two attached hydrogens (primary N) is 1. The molecule has 1 unspecified atom stereocenters. The number of benzene rings is 1. The quantitative estimate of drug-likeness (QED) is 0.798. The Morgan fingerprint density at radius 2 is 1.80 bits per heavy atom. The molecular weight excluding hydrogens is 190 g/mol. The smallest absolute Gasteiger partial charge is 0.120 e. The van der Waals surface area contributed by atoms with Gasteiger partial charge in [-0.2, -0.15) is 0 Å². The van der Waals surface area contributed by atoms with Crippen LogP contribution in [0.25, 0.3) is 0 Å². The molecule has 3 N–H and O–H groups in total. The number of rotatable bonds is 3. The van der Waals surface area contributed by atoms with Crippen LogP contribution in [-0.2, 0) is 0 Å².